The molecule has 1 aromatic rings. The lowest BCUT2D eigenvalue weighted by Crippen LogP contribution is -2.37. The van der Waals surface area contributed by atoms with Crippen LogP contribution in [0.25, 0.3) is 0 Å². The maximum Gasteiger partial charge on any atom is 0.445 e. The zero-order chi connectivity index (χ0) is 11.6. The molecule has 0 aromatic carbocycles. The number of rotatable bonds is 2. The van der Waals surface area contributed by atoms with E-state index in [9.17, 15) is 13.2 Å². The standard InChI is InChI=1S/C8H10F3N3OS/c9-8(10,11)6-13-14-7(16-6)15-5-2-1-3-12-4-5/h5,12H,1-4H2/t5-/m0/s1. The van der Waals surface area contributed by atoms with E-state index in [0.29, 0.717) is 17.9 Å². The Morgan fingerprint density at radius 3 is 2.75 bits per heavy atom. The Balaban J connectivity index is 1.97. The summed E-state index contributed by atoms with van der Waals surface area (Å²) in [5.74, 6) is 0. The minimum Gasteiger partial charge on any atom is -0.464 e. The number of piperidine rings is 1. The van der Waals surface area contributed by atoms with Gasteiger partial charge in [0.25, 0.3) is 5.19 Å². The van der Waals surface area contributed by atoms with E-state index in [2.05, 4.69) is 15.5 Å². The van der Waals surface area contributed by atoms with Crippen LogP contribution in [0.3, 0.4) is 0 Å². The second-order valence-corrected chi connectivity index (χ2v) is 4.40. The zero-order valence-corrected chi connectivity index (χ0v) is 9.07. The number of halogens is 3. The number of aromatic nitrogens is 2. The molecule has 1 N–H and O–H groups in total. The minimum absolute atomic E-state index is 0.0129. The molecule has 0 spiro atoms. The van der Waals surface area contributed by atoms with Gasteiger partial charge in [0.15, 0.2) is 0 Å². The molecule has 1 atom stereocenters. The highest BCUT2D eigenvalue weighted by molar-refractivity contribution is 7.13. The predicted molar refractivity (Wildman–Crippen MR) is 51.4 cm³/mol. The van der Waals surface area contributed by atoms with Gasteiger partial charge in [0, 0.05) is 6.54 Å². The summed E-state index contributed by atoms with van der Waals surface area (Å²) in [4.78, 5) is 0. The van der Waals surface area contributed by atoms with Crippen molar-refractivity contribution >= 4 is 11.3 Å². The van der Waals surface area contributed by atoms with Crippen molar-refractivity contribution in [2.45, 2.75) is 25.1 Å². The second kappa shape index (κ2) is 4.54. The van der Waals surface area contributed by atoms with Crippen molar-refractivity contribution in [2.75, 3.05) is 13.1 Å². The van der Waals surface area contributed by atoms with E-state index >= 15 is 0 Å². The highest BCUT2D eigenvalue weighted by Crippen LogP contribution is 2.34. The Labute approximate surface area is 93.8 Å². The molecule has 2 heterocycles. The van der Waals surface area contributed by atoms with Crippen molar-refractivity contribution in [2.24, 2.45) is 0 Å². The normalized spacial score (nSPS) is 22.1. The Morgan fingerprint density at radius 1 is 1.38 bits per heavy atom. The molecule has 4 nitrogen and oxygen atoms in total. The van der Waals surface area contributed by atoms with Crippen LogP contribution >= 0.6 is 11.3 Å². The largest absolute Gasteiger partial charge is 0.464 e. The molecule has 16 heavy (non-hydrogen) atoms. The smallest absolute Gasteiger partial charge is 0.445 e. The van der Waals surface area contributed by atoms with Crippen molar-refractivity contribution in [1.29, 1.82) is 0 Å². The van der Waals surface area contributed by atoms with Crippen LogP contribution in [0.2, 0.25) is 0 Å². The van der Waals surface area contributed by atoms with E-state index < -0.39 is 11.2 Å². The first-order valence-corrected chi connectivity index (χ1v) is 5.65. The van der Waals surface area contributed by atoms with Gasteiger partial charge in [0.2, 0.25) is 5.01 Å². The van der Waals surface area contributed by atoms with Gasteiger partial charge < -0.3 is 10.1 Å². The van der Waals surface area contributed by atoms with Gasteiger partial charge in [0.05, 0.1) is 0 Å². The Morgan fingerprint density at radius 2 is 2.19 bits per heavy atom. The summed E-state index contributed by atoms with van der Waals surface area (Å²) in [6.07, 6.45) is -2.77. The molecule has 1 aromatic heterocycles. The summed E-state index contributed by atoms with van der Waals surface area (Å²) >= 11 is 0.436. The summed E-state index contributed by atoms with van der Waals surface area (Å²) in [5.41, 5.74) is 0. The average Bonchev–Trinajstić information content (AvgIpc) is 2.67. The van der Waals surface area contributed by atoms with Gasteiger partial charge in [-0.2, -0.15) is 13.2 Å². The van der Waals surface area contributed by atoms with Crippen molar-refractivity contribution in [3.8, 4) is 5.19 Å². The van der Waals surface area contributed by atoms with E-state index in [1.165, 1.54) is 0 Å². The van der Waals surface area contributed by atoms with Crippen molar-refractivity contribution in [3.05, 3.63) is 5.01 Å². The first-order valence-electron chi connectivity index (χ1n) is 4.84. The lowest BCUT2D eigenvalue weighted by molar-refractivity contribution is -0.138. The molecule has 0 radical (unpaired) electrons. The molecule has 0 saturated carbocycles. The Bertz CT molecular complexity index is 349. The fourth-order valence-corrected chi connectivity index (χ4v) is 2.06. The van der Waals surface area contributed by atoms with E-state index in [1.54, 1.807) is 0 Å². The van der Waals surface area contributed by atoms with Gasteiger partial charge in [-0.3, -0.25) is 0 Å². The van der Waals surface area contributed by atoms with Crippen LogP contribution in [0.4, 0.5) is 13.2 Å². The van der Waals surface area contributed by atoms with E-state index in [1.807, 2.05) is 0 Å². The number of hydrogen-bond acceptors (Lipinski definition) is 5. The summed E-state index contributed by atoms with van der Waals surface area (Å²) in [6.45, 7) is 1.56. The molecule has 1 fully saturated rings. The maximum absolute atomic E-state index is 12.2. The van der Waals surface area contributed by atoms with Gasteiger partial charge in [-0.25, -0.2) is 0 Å². The average molecular weight is 253 g/mol. The topological polar surface area (TPSA) is 47.0 Å². The molecule has 2 rings (SSSR count). The van der Waals surface area contributed by atoms with Crippen molar-refractivity contribution < 1.29 is 17.9 Å². The van der Waals surface area contributed by atoms with Gasteiger partial charge in [-0.15, -0.1) is 5.10 Å². The van der Waals surface area contributed by atoms with Crippen LogP contribution < -0.4 is 10.1 Å². The summed E-state index contributed by atoms with van der Waals surface area (Å²) < 4.78 is 42.0. The van der Waals surface area contributed by atoms with Gasteiger partial charge >= 0.3 is 6.18 Å². The molecule has 8 heteroatoms. The highest BCUT2D eigenvalue weighted by atomic mass is 32.1. The maximum atomic E-state index is 12.2. The number of ether oxygens (including phenoxy) is 1. The molecule has 0 aliphatic carbocycles. The van der Waals surface area contributed by atoms with Crippen LogP contribution in [0.5, 0.6) is 5.19 Å². The van der Waals surface area contributed by atoms with Crippen molar-refractivity contribution in [1.82, 2.24) is 15.5 Å². The lowest BCUT2D eigenvalue weighted by Gasteiger charge is -2.22. The van der Waals surface area contributed by atoms with Gasteiger partial charge in [-0.1, -0.05) is 16.4 Å². The number of alkyl halides is 3. The zero-order valence-electron chi connectivity index (χ0n) is 8.25. The van der Waals surface area contributed by atoms with Gasteiger partial charge in [0.1, 0.15) is 6.10 Å². The number of nitrogens with one attached hydrogen (secondary N) is 1. The van der Waals surface area contributed by atoms with Crippen LogP contribution in [-0.4, -0.2) is 29.4 Å². The number of nitrogens with zero attached hydrogens (tertiary/aromatic N) is 2. The van der Waals surface area contributed by atoms with Gasteiger partial charge in [-0.05, 0) is 19.4 Å². The lowest BCUT2D eigenvalue weighted by atomic mass is 10.1. The quantitative estimate of drug-likeness (QED) is 0.871. The fraction of sp³-hybridized carbons (Fsp3) is 0.750. The molecular weight excluding hydrogens is 243 g/mol. The summed E-state index contributed by atoms with van der Waals surface area (Å²) in [5, 5.41) is 8.55. The Hall–Kier alpha value is -0.890. The van der Waals surface area contributed by atoms with Crippen LogP contribution in [-0.2, 0) is 6.18 Å². The van der Waals surface area contributed by atoms with Crippen LogP contribution in [0.1, 0.15) is 17.8 Å². The highest BCUT2D eigenvalue weighted by Gasteiger charge is 2.36. The monoisotopic (exact) mass is 253 g/mol. The van der Waals surface area contributed by atoms with Crippen LogP contribution in [0.15, 0.2) is 0 Å². The molecule has 0 bridgehead atoms. The van der Waals surface area contributed by atoms with E-state index in [0.717, 1.165) is 19.4 Å². The fourth-order valence-electron chi connectivity index (χ4n) is 1.43. The second-order valence-electron chi connectivity index (χ2n) is 3.46. The predicted octanol–water partition coefficient (Wildman–Crippen LogP) is 1.69. The summed E-state index contributed by atoms with van der Waals surface area (Å²) in [6, 6.07) is 0. The third-order valence-corrected chi connectivity index (χ3v) is 3.03. The first-order chi connectivity index (χ1) is 7.55. The third-order valence-electron chi connectivity index (χ3n) is 2.17. The summed E-state index contributed by atoms with van der Waals surface area (Å²) in [7, 11) is 0. The molecule has 1 saturated heterocycles. The van der Waals surface area contributed by atoms with Crippen molar-refractivity contribution in [3.63, 3.8) is 0 Å². The SMILES string of the molecule is FC(F)(F)c1nnc(O[C@H]2CCCNC2)s1. The molecule has 0 amide bonds. The molecule has 1 aliphatic heterocycles. The Kier molecular flexibility index (Phi) is 3.29. The van der Waals surface area contributed by atoms with Crippen LogP contribution in [0, 0.1) is 0 Å². The third kappa shape index (κ3) is 2.82. The molecule has 90 valence electrons. The van der Waals surface area contributed by atoms with E-state index in [4.69, 9.17) is 4.74 Å². The van der Waals surface area contributed by atoms with E-state index in [-0.39, 0.29) is 11.3 Å². The molecule has 0 unspecified atom stereocenters. The molecular formula is C8H10F3N3OS. The minimum atomic E-state index is -4.44. The first kappa shape index (κ1) is 11.6. The number of hydrogen-bond donors (Lipinski definition) is 1. The molecule has 1 aliphatic rings.